The molecule has 3 rings (SSSR count). The quantitative estimate of drug-likeness (QED) is 0.384. The predicted octanol–water partition coefficient (Wildman–Crippen LogP) is 5.01. The molecule has 34 heavy (non-hydrogen) atoms. The normalized spacial score (nSPS) is 15.3. The van der Waals surface area contributed by atoms with Gasteiger partial charge in [0.2, 0.25) is 10.0 Å². The number of nitroso groups, excluding NO2 is 1. The zero-order valence-corrected chi connectivity index (χ0v) is 19.7. The summed E-state index contributed by atoms with van der Waals surface area (Å²) < 4.78 is 33.5. The minimum absolute atomic E-state index is 0.0114. The molecule has 0 aliphatic heterocycles. The summed E-state index contributed by atoms with van der Waals surface area (Å²) >= 11 is 0. The lowest BCUT2D eigenvalue weighted by Crippen LogP contribution is -2.25. The highest BCUT2D eigenvalue weighted by atomic mass is 32.2. The number of sulfonamides is 1. The van der Waals surface area contributed by atoms with Gasteiger partial charge in [-0.3, -0.25) is 9.52 Å². The van der Waals surface area contributed by atoms with E-state index in [-0.39, 0.29) is 18.3 Å². The van der Waals surface area contributed by atoms with Crippen molar-refractivity contribution in [2.75, 3.05) is 11.3 Å². The molecule has 0 amide bonds. The van der Waals surface area contributed by atoms with Crippen molar-refractivity contribution < 1.29 is 23.1 Å². The van der Waals surface area contributed by atoms with Gasteiger partial charge < -0.3 is 9.84 Å². The molecule has 1 atom stereocenters. The number of carboxylic acids is 1. The lowest BCUT2D eigenvalue weighted by atomic mass is 10.1. The van der Waals surface area contributed by atoms with Crippen molar-refractivity contribution in [1.29, 1.82) is 0 Å². The Hall–Kier alpha value is -3.20. The zero-order chi connectivity index (χ0) is 24.4. The van der Waals surface area contributed by atoms with Crippen LogP contribution in [0.4, 0.5) is 5.69 Å². The lowest BCUT2D eigenvalue weighted by molar-refractivity contribution is -0.136. The zero-order valence-electron chi connectivity index (χ0n) is 18.9. The Balaban J connectivity index is 1.55. The number of nitrogens with one attached hydrogen (secondary N) is 1. The van der Waals surface area contributed by atoms with Crippen LogP contribution >= 0.6 is 0 Å². The molecule has 9 heteroatoms. The minimum atomic E-state index is -3.41. The highest BCUT2D eigenvalue weighted by Crippen LogP contribution is 2.26. The van der Waals surface area contributed by atoms with Gasteiger partial charge in [-0.15, -0.1) is 0 Å². The monoisotopic (exact) mass is 486 g/mol. The van der Waals surface area contributed by atoms with Gasteiger partial charge >= 0.3 is 5.97 Å². The van der Waals surface area contributed by atoms with Crippen molar-refractivity contribution in [2.24, 2.45) is 5.18 Å². The summed E-state index contributed by atoms with van der Waals surface area (Å²) in [5, 5.41) is 11.7. The second-order valence-corrected chi connectivity index (χ2v) is 10.3. The maximum absolute atomic E-state index is 12.5. The molecule has 1 aliphatic rings. The Morgan fingerprint density at radius 2 is 1.94 bits per heavy atom. The first-order chi connectivity index (χ1) is 16.4. The number of hydrogen-bond acceptors (Lipinski definition) is 6. The highest BCUT2D eigenvalue weighted by Gasteiger charge is 2.28. The van der Waals surface area contributed by atoms with Crippen LogP contribution in [0.5, 0.6) is 5.75 Å². The van der Waals surface area contributed by atoms with Gasteiger partial charge in [-0.1, -0.05) is 60.5 Å². The van der Waals surface area contributed by atoms with E-state index in [0.717, 1.165) is 24.0 Å². The molecule has 0 heterocycles. The van der Waals surface area contributed by atoms with E-state index in [4.69, 9.17) is 9.84 Å². The molecule has 182 valence electrons. The SMILES string of the molecule is O=NC(/C=C/c1cccc(NS(=O)(=O)C2CCCC2)c1)CCOc1ccccc1CCC(=O)O. The third kappa shape index (κ3) is 7.69. The van der Waals surface area contributed by atoms with Gasteiger partial charge in [0.25, 0.3) is 0 Å². The Labute approximate surface area is 200 Å². The number of aliphatic carboxylic acids is 1. The minimum Gasteiger partial charge on any atom is -0.493 e. The number of nitrogens with zero attached hydrogens (tertiary/aromatic N) is 1. The van der Waals surface area contributed by atoms with Crippen molar-refractivity contribution in [3.05, 3.63) is 70.6 Å². The van der Waals surface area contributed by atoms with E-state index in [2.05, 4.69) is 9.90 Å². The number of anilines is 1. The molecule has 8 nitrogen and oxygen atoms in total. The molecular formula is C25H30N2O6S. The molecule has 1 fully saturated rings. The fourth-order valence-corrected chi connectivity index (χ4v) is 5.52. The number of benzene rings is 2. The average molecular weight is 487 g/mol. The van der Waals surface area contributed by atoms with Gasteiger partial charge in [-0.25, -0.2) is 8.42 Å². The molecule has 0 spiro atoms. The van der Waals surface area contributed by atoms with Crippen LogP contribution < -0.4 is 9.46 Å². The van der Waals surface area contributed by atoms with Crippen LogP contribution in [0.3, 0.4) is 0 Å². The largest absolute Gasteiger partial charge is 0.493 e. The van der Waals surface area contributed by atoms with Crippen molar-refractivity contribution >= 4 is 27.8 Å². The predicted molar refractivity (Wildman–Crippen MR) is 132 cm³/mol. The Bertz CT molecular complexity index is 1110. The van der Waals surface area contributed by atoms with E-state index in [1.165, 1.54) is 0 Å². The first kappa shape index (κ1) is 25.4. The molecule has 1 unspecified atom stereocenters. The first-order valence-corrected chi connectivity index (χ1v) is 13.0. The molecule has 0 bridgehead atoms. The molecule has 2 aromatic carbocycles. The van der Waals surface area contributed by atoms with Crippen LogP contribution in [0.1, 0.15) is 49.7 Å². The number of carbonyl (C=O) groups is 1. The summed E-state index contributed by atoms with van der Waals surface area (Å²) in [5.41, 5.74) is 2.04. The maximum atomic E-state index is 12.5. The van der Waals surface area contributed by atoms with Crippen LogP contribution in [-0.2, 0) is 21.2 Å². The molecule has 2 aromatic rings. The summed E-state index contributed by atoms with van der Waals surface area (Å²) in [4.78, 5) is 22.1. The van der Waals surface area contributed by atoms with E-state index < -0.39 is 22.0 Å². The highest BCUT2D eigenvalue weighted by molar-refractivity contribution is 7.93. The van der Waals surface area contributed by atoms with E-state index in [0.29, 0.717) is 37.1 Å². The smallest absolute Gasteiger partial charge is 0.303 e. The topological polar surface area (TPSA) is 122 Å². The second-order valence-electron chi connectivity index (χ2n) is 8.35. The summed E-state index contributed by atoms with van der Waals surface area (Å²) in [6.45, 7) is 0.242. The van der Waals surface area contributed by atoms with Gasteiger partial charge in [0, 0.05) is 18.5 Å². The maximum Gasteiger partial charge on any atom is 0.303 e. The van der Waals surface area contributed by atoms with Gasteiger partial charge in [0.05, 0.1) is 11.9 Å². The molecule has 0 saturated heterocycles. The van der Waals surface area contributed by atoms with Crippen LogP contribution in [0.2, 0.25) is 0 Å². The molecule has 0 aromatic heterocycles. The standard InChI is InChI=1S/C25H30N2O6S/c28-25(29)15-13-20-7-1-4-11-24(20)33-17-16-21(26-30)14-12-19-6-5-8-22(18-19)27-34(31,32)23-9-2-3-10-23/h1,4-8,11-12,14,18,21,23,27H,2-3,9-10,13,15-17H2,(H,28,29)/b14-12+. The fraction of sp³-hybridized carbons (Fsp3) is 0.400. The van der Waals surface area contributed by atoms with E-state index >= 15 is 0 Å². The van der Waals surface area contributed by atoms with Gasteiger partial charge in [0.1, 0.15) is 11.8 Å². The first-order valence-electron chi connectivity index (χ1n) is 11.4. The molecule has 1 saturated carbocycles. The Morgan fingerprint density at radius 3 is 2.68 bits per heavy atom. The molecular weight excluding hydrogens is 456 g/mol. The van der Waals surface area contributed by atoms with Gasteiger partial charge in [0.15, 0.2) is 0 Å². The summed E-state index contributed by atoms with van der Waals surface area (Å²) in [6, 6.07) is 13.6. The summed E-state index contributed by atoms with van der Waals surface area (Å²) in [6.07, 6.45) is 7.37. The van der Waals surface area contributed by atoms with Crippen molar-refractivity contribution in [3.8, 4) is 5.75 Å². The lowest BCUT2D eigenvalue weighted by Gasteiger charge is -2.13. The van der Waals surface area contributed by atoms with Gasteiger partial charge in [-0.05, 0) is 48.6 Å². The number of para-hydroxylation sites is 1. The van der Waals surface area contributed by atoms with E-state index in [9.17, 15) is 18.1 Å². The Kier molecular flexibility index (Phi) is 9.21. The molecule has 1 aliphatic carbocycles. The van der Waals surface area contributed by atoms with Crippen molar-refractivity contribution in [3.63, 3.8) is 0 Å². The van der Waals surface area contributed by atoms with Crippen LogP contribution in [-0.4, -0.2) is 37.4 Å². The van der Waals surface area contributed by atoms with Crippen LogP contribution in [0.15, 0.2) is 59.8 Å². The fourth-order valence-electron chi connectivity index (χ4n) is 3.94. The molecule has 2 N–H and O–H groups in total. The Morgan fingerprint density at radius 1 is 1.18 bits per heavy atom. The van der Waals surface area contributed by atoms with Crippen LogP contribution in [0, 0.1) is 4.91 Å². The van der Waals surface area contributed by atoms with Gasteiger partial charge in [-0.2, -0.15) is 4.91 Å². The summed E-state index contributed by atoms with van der Waals surface area (Å²) in [5.74, 6) is -0.278. The number of rotatable bonds is 13. The molecule has 0 radical (unpaired) electrons. The average Bonchev–Trinajstić information content (AvgIpc) is 3.37. The number of aryl methyl sites for hydroxylation is 1. The third-order valence-electron chi connectivity index (χ3n) is 5.79. The second kappa shape index (κ2) is 12.3. The van der Waals surface area contributed by atoms with Crippen molar-refractivity contribution in [1.82, 2.24) is 0 Å². The summed E-state index contributed by atoms with van der Waals surface area (Å²) in [7, 11) is -3.41. The third-order valence-corrected chi connectivity index (χ3v) is 7.66. The number of hydrogen-bond donors (Lipinski definition) is 2. The van der Waals surface area contributed by atoms with E-state index in [1.807, 2.05) is 24.3 Å². The number of ether oxygens (including phenoxy) is 1. The number of carboxylic acid groups (broad SMARTS) is 1. The van der Waals surface area contributed by atoms with Crippen LogP contribution in [0.25, 0.3) is 6.08 Å². The van der Waals surface area contributed by atoms with E-state index in [1.54, 1.807) is 36.4 Å². The van der Waals surface area contributed by atoms with Crippen molar-refractivity contribution in [2.45, 2.75) is 56.2 Å².